The van der Waals surface area contributed by atoms with Gasteiger partial charge in [0.05, 0.1) is 0 Å². The lowest BCUT2D eigenvalue weighted by Crippen LogP contribution is -1.93. The molecule has 1 heteroatoms. The summed E-state index contributed by atoms with van der Waals surface area (Å²) in [5, 5.41) is 0. The van der Waals surface area contributed by atoms with Crippen molar-refractivity contribution < 1.29 is 0 Å². The van der Waals surface area contributed by atoms with Gasteiger partial charge in [0.25, 0.3) is 0 Å². The van der Waals surface area contributed by atoms with Gasteiger partial charge in [-0.3, -0.25) is 0 Å². The lowest BCUT2D eigenvalue weighted by atomic mass is 10.0. The first-order valence-corrected chi connectivity index (χ1v) is 8.82. The zero-order valence-electron chi connectivity index (χ0n) is 11.9. The first kappa shape index (κ1) is 14.9. The van der Waals surface area contributed by atoms with Crippen molar-refractivity contribution in [3.63, 3.8) is 0 Å². The smallest absolute Gasteiger partial charge is 0.0158 e. The maximum absolute atomic E-state index is 4.18. The highest BCUT2D eigenvalue weighted by molar-refractivity contribution is 14.2. The van der Waals surface area contributed by atoms with Crippen molar-refractivity contribution in [1.29, 1.82) is 0 Å². The first-order valence-electron chi connectivity index (χ1n) is 6.66. The Bertz CT molecular complexity index is 638. The van der Waals surface area contributed by atoms with E-state index in [1.807, 2.05) is 25.2 Å². The highest BCUT2D eigenvalue weighted by atomic mass is 127. The molecule has 2 rings (SSSR count). The second-order valence-electron chi connectivity index (χ2n) is 4.55. The molecule has 20 heavy (non-hydrogen) atoms. The summed E-state index contributed by atoms with van der Waals surface area (Å²) in [5.41, 5.74) is 3.64. The Kier molecular flexibility index (Phi) is 5.48. The summed E-state index contributed by atoms with van der Waals surface area (Å²) in [5.74, 6) is 0. The van der Waals surface area contributed by atoms with Crippen molar-refractivity contribution in [2.45, 2.75) is 13.8 Å². The minimum Gasteiger partial charge on any atom is -0.0912 e. The lowest BCUT2D eigenvalue weighted by molar-refractivity contribution is 1.57. The van der Waals surface area contributed by atoms with Crippen molar-refractivity contribution in [3.8, 4) is 0 Å². The number of rotatable bonds is 4. The van der Waals surface area contributed by atoms with E-state index in [0.717, 1.165) is 5.57 Å². The third-order valence-corrected chi connectivity index (χ3v) is 5.59. The second-order valence-corrected chi connectivity index (χ2v) is 7.95. The summed E-state index contributed by atoms with van der Waals surface area (Å²) in [6.07, 6.45) is 12.7. The molecule has 1 aromatic rings. The van der Waals surface area contributed by atoms with Crippen LogP contribution in [0.5, 0.6) is 0 Å². The summed E-state index contributed by atoms with van der Waals surface area (Å²) >= 11 is -0.0399. The van der Waals surface area contributed by atoms with Gasteiger partial charge in [-0.05, 0) is 46.2 Å². The van der Waals surface area contributed by atoms with Crippen LogP contribution >= 0.6 is 20.7 Å². The SMILES string of the molecule is C=C(/C=C\C=C/C)C1=CC(C)=IC(c2ccccc2)=C1. The van der Waals surface area contributed by atoms with Crippen LogP contribution in [0.2, 0.25) is 0 Å². The number of allylic oxidation sites excluding steroid dienone is 8. The number of benzene rings is 1. The minimum atomic E-state index is -0.0399. The zero-order valence-corrected chi connectivity index (χ0v) is 14.1. The van der Waals surface area contributed by atoms with Gasteiger partial charge in [0.2, 0.25) is 0 Å². The second kappa shape index (κ2) is 7.34. The molecule has 0 aromatic heterocycles. The Labute approximate surface area is 131 Å². The van der Waals surface area contributed by atoms with E-state index in [-0.39, 0.29) is 20.7 Å². The zero-order chi connectivity index (χ0) is 14.4. The molecule has 1 heterocycles. The number of hydrogen-bond donors (Lipinski definition) is 0. The summed E-state index contributed by atoms with van der Waals surface area (Å²) in [7, 11) is 0. The van der Waals surface area contributed by atoms with Crippen molar-refractivity contribution >= 4 is 27.8 Å². The molecule has 0 fully saturated rings. The van der Waals surface area contributed by atoms with Gasteiger partial charge in [-0.1, -0.05) is 81.9 Å². The van der Waals surface area contributed by atoms with Crippen molar-refractivity contribution in [1.82, 2.24) is 0 Å². The minimum absolute atomic E-state index is 0.0399. The van der Waals surface area contributed by atoms with Gasteiger partial charge in [0.1, 0.15) is 0 Å². The quantitative estimate of drug-likeness (QED) is 0.460. The van der Waals surface area contributed by atoms with E-state index >= 15 is 0 Å². The van der Waals surface area contributed by atoms with Crippen LogP contribution in [-0.2, 0) is 0 Å². The Morgan fingerprint density at radius 1 is 1.10 bits per heavy atom. The predicted octanol–water partition coefficient (Wildman–Crippen LogP) is 5.82. The van der Waals surface area contributed by atoms with Crippen LogP contribution in [0.25, 0.3) is 3.58 Å². The molecule has 0 N–H and O–H groups in total. The van der Waals surface area contributed by atoms with E-state index in [1.165, 1.54) is 18.2 Å². The monoisotopic (exact) mass is 374 g/mol. The fraction of sp³-hybridized carbons (Fsp3) is 0.105. The molecule has 0 atom stereocenters. The van der Waals surface area contributed by atoms with Gasteiger partial charge in [0.15, 0.2) is 0 Å². The fourth-order valence-electron chi connectivity index (χ4n) is 1.91. The molecule has 0 radical (unpaired) electrons. The van der Waals surface area contributed by atoms with E-state index in [4.69, 9.17) is 0 Å². The maximum Gasteiger partial charge on any atom is 0.0158 e. The van der Waals surface area contributed by atoms with Crippen molar-refractivity contribution in [2.24, 2.45) is 0 Å². The molecule has 0 saturated carbocycles. The summed E-state index contributed by atoms with van der Waals surface area (Å²) < 4.78 is 2.96. The fourth-order valence-corrected chi connectivity index (χ4v) is 4.48. The number of halogens is 1. The van der Waals surface area contributed by atoms with Crippen LogP contribution in [0.15, 0.2) is 84.5 Å². The normalized spacial score (nSPS) is 15.6. The van der Waals surface area contributed by atoms with Gasteiger partial charge in [-0.2, -0.15) is 0 Å². The van der Waals surface area contributed by atoms with Crippen molar-refractivity contribution in [3.05, 3.63) is 90.1 Å². The molecule has 0 spiro atoms. The molecule has 102 valence electrons. The van der Waals surface area contributed by atoms with E-state index in [9.17, 15) is 0 Å². The topological polar surface area (TPSA) is 0 Å². The Balaban J connectivity index is 2.30. The van der Waals surface area contributed by atoms with Gasteiger partial charge in [0, 0.05) is 3.58 Å². The number of hydrogen-bond acceptors (Lipinski definition) is 0. The lowest BCUT2D eigenvalue weighted by Gasteiger charge is -2.12. The van der Waals surface area contributed by atoms with Crippen LogP contribution in [0.1, 0.15) is 19.4 Å². The molecular weight excluding hydrogens is 355 g/mol. The third kappa shape index (κ3) is 4.01. The highest BCUT2D eigenvalue weighted by Crippen LogP contribution is 2.34. The van der Waals surface area contributed by atoms with Gasteiger partial charge in [-0.25, -0.2) is 0 Å². The van der Waals surface area contributed by atoms with Crippen LogP contribution in [0.4, 0.5) is 0 Å². The van der Waals surface area contributed by atoms with Crippen LogP contribution in [-0.4, -0.2) is 3.51 Å². The van der Waals surface area contributed by atoms with Gasteiger partial charge < -0.3 is 0 Å². The maximum atomic E-state index is 4.18. The van der Waals surface area contributed by atoms with Crippen LogP contribution in [0.3, 0.4) is 0 Å². The van der Waals surface area contributed by atoms with Gasteiger partial charge in [-0.15, -0.1) is 0 Å². The predicted molar refractivity (Wildman–Crippen MR) is 100 cm³/mol. The Morgan fingerprint density at radius 2 is 1.85 bits per heavy atom. The summed E-state index contributed by atoms with van der Waals surface area (Å²) in [6.45, 7) is 8.42. The first-order chi connectivity index (χ1) is 9.70. The van der Waals surface area contributed by atoms with Crippen molar-refractivity contribution in [2.75, 3.05) is 0 Å². The average molecular weight is 374 g/mol. The summed E-state index contributed by atoms with van der Waals surface area (Å²) in [6, 6.07) is 10.7. The molecule has 0 aliphatic carbocycles. The van der Waals surface area contributed by atoms with Gasteiger partial charge >= 0.3 is 0 Å². The Hall–Kier alpha value is -1.48. The third-order valence-electron chi connectivity index (χ3n) is 2.91. The highest BCUT2D eigenvalue weighted by Gasteiger charge is 2.07. The summed E-state index contributed by atoms with van der Waals surface area (Å²) in [4.78, 5) is 0. The standard InChI is InChI=1S/C19H19I/c1-4-5-7-10-15(2)18-13-16(3)20-19(14-18)17-11-8-6-9-12-17/h4-14H,2H2,1,3H3/b5-4-,10-7-. The molecule has 0 bridgehead atoms. The largest absolute Gasteiger partial charge is 0.0912 e. The van der Waals surface area contributed by atoms with E-state index in [2.05, 4.69) is 62.1 Å². The molecule has 0 nitrogen and oxygen atoms in total. The molecule has 0 unspecified atom stereocenters. The van der Waals surface area contributed by atoms with E-state index in [1.54, 1.807) is 0 Å². The van der Waals surface area contributed by atoms with E-state index < -0.39 is 0 Å². The molecule has 0 amide bonds. The van der Waals surface area contributed by atoms with Crippen LogP contribution < -0.4 is 0 Å². The average Bonchev–Trinajstić information content (AvgIpc) is 2.47. The van der Waals surface area contributed by atoms with E-state index in [0.29, 0.717) is 0 Å². The van der Waals surface area contributed by atoms with Crippen LogP contribution in [0, 0.1) is 0 Å². The molecule has 0 saturated heterocycles. The molecule has 1 aliphatic heterocycles. The molecular formula is C19H19I. The Morgan fingerprint density at radius 3 is 2.55 bits per heavy atom. The molecule has 1 aromatic carbocycles. The molecule has 1 aliphatic rings.